The number of aromatic nitrogens is 2. The zero-order valence-corrected chi connectivity index (χ0v) is 8.54. The van der Waals surface area contributed by atoms with Crippen LogP contribution in [0.1, 0.15) is 23.7 Å². The molecule has 13 heavy (non-hydrogen) atoms. The highest BCUT2D eigenvalue weighted by Crippen LogP contribution is 2.19. The fraction of sp³-hybridized carbons (Fsp3) is 0.500. The van der Waals surface area contributed by atoms with E-state index in [1.165, 1.54) is 5.56 Å². The van der Waals surface area contributed by atoms with Crippen LogP contribution >= 0.6 is 0 Å². The Bertz CT molecular complexity index is 288. The zero-order valence-electron chi connectivity index (χ0n) is 8.54. The molecular formula is C10H17N3. The van der Waals surface area contributed by atoms with Gasteiger partial charge in [0, 0.05) is 24.8 Å². The van der Waals surface area contributed by atoms with E-state index in [9.17, 15) is 0 Å². The number of rotatable bonds is 4. The molecule has 1 aromatic rings. The molecule has 0 aliphatic carbocycles. The topological polar surface area (TPSA) is 29.9 Å². The maximum absolute atomic E-state index is 4.30. The fourth-order valence-electron chi connectivity index (χ4n) is 1.53. The van der Waals surface area contributed by atoms with Gasteiger partial charge in [-0.1, -0.05) is 6.08 Å². The number of hydrogen-bond donors (Lipinski definition) is 1. The molecular weight excluding hydrogens is 162 g/mol. The molecule has 1 unspecified atom stereocenters. The lowest BCUT2D eigenvalue weighted by molar-refractivity contribution is 0.600. The predicted octanol–water partition coefficient (Wildman–Crippen LogP) is 1.57. The lowest BCUT2D eigenvalue weighted by Gasteiger charge is -2.12. The van der Waals surface area contributed by atoms with Gasteiger partial charge in [0.1, 0.15) is 0 Å². The van der Waals surface area contributed by atoms with Gasteiger partial charge in [-0.25, -0.2) is 0 Å². The minimum absolute atomic E-state index is 0.339. The molecule has 1 rings (SSSR count). The lowest BCUT2D eigenvalue weighted by Crippen LogP contribution is -2.15. The maximum atomic E-state index is 4.30. The van der Waals surface area contributed by atoms with Crippen LogP contribution in [0.25, 0.3) is 0 Å². The Hall–Kier alpha value is -1.09. The average molecular weight is 179 g/mol. The highest BCUT2D eigenvalue weighted by Gasteiger charge is 2.12. The molecule has 0 aromatic carbocycles. The van der Waals surface area contributed by atoms with Crippen LogP contribution in [0, 0.1) is 6.92 Å². The van der Waals surface area contributed by atoms with E-state index in [2.05, 4.69) is 23.2 Å². The smallest absolute Gasteiger partial charge is 0.0641 e. The highest BCUT2D eigenvalue weighted by atomic mass is 15.3. The minimum atomic E-state index is 0.339. The molecule has 0 aliphatic heterocycles. The molecule has 0 saturated heterocycles. The summed E-state index contributed by atoms with van der Waals surface area (Å²) >= 11 is 0. The van der Waals surface area contributed by atoms with Crippen molar-refractivity contribution < 1.29 is 0 Å². The zero-order chi connectivity index (χ0) is 9.84. The van der Waals surface area contributed by atoms with Gasteiger partial charge in [-0.3, -0.25) is 4.68 Å². The van der Waals surface area contributed by atoms with Gasteiger partial charge in [0.05, 0.1) is 5.69 Å². The molecule has 72 valence electrons. The SMILES string of the molecule is C=CCC(NC)c1cn(C)nc1C. The monoisotopic (exact) mass is 179 g/mol. The largest absolute Gasteiger partial charge is 0.313 e. The van der Waals surface area contributed by atoms with Gasteiger partial charge in [0.15, 0.2) is 0 Å². The Kier molecular flexibility index (Phi) is 3.25. The van der Waals surface area contributed by atoms with E-state index < -0.39 is 0 Å². The Balaban J connectivity index is 2.89. The van der Waals surface area contributed by atoms with Crippen LogP contribution in [0.15, 0.2) is 18.9 Å². The molecule has 0 aliphatic rings. The summed E-state index contributed by atoms with van der Waals surface area (Å²) < 4.78 is 1.85. The van der Waals surface area contributed by atoms with Crippen molar-refractivity contribution in [3.8, 4) is 0 Å². The molecule has 1 aromatic heterocycles. The van der Waals surface area contributed by atoms with Gasteiger partial charge in [-0.15, -0.1) is 6.58 Å². The molecule has 0 radical (unpaired) electrons. The Morgan fingerprint density at radius 2 is 2.46 bits per heavy atom. The molecule has 3 heteroatoms. The fourth-order valence-corrected chi connectivity index (χ4v) is 1.53. The first-order chi connectivity index (χ1) is 6.19. The summed E-state index contributed by atoms with van der Waals surface area (Å²) in [5, 5.41) is 7.55. The number of nitrogens with one attached hydrogen (secondary N) is 1. The van der Waals surface area contributed by atoms with Crippen LogP contribution in [0.5, 0.6) is 0 Å². The van der Waals surface area contributed by atoms with Crippen molar-refractivity contribution in [3.05, 3.63) is 30.1 Å². The van der Waals surface area contributed by atoms with Crippen LogP contribution in [0.4, 0.5) is 0 Å². The summed E-state index contributed by atoms with van der Waals surface area (Å²) in [6.07, 6.45) is 4.91. The average Bonchev–Trinajstić information content (AvgIpc) is 2.41. The first kappa shape index (κ1) is 9.99. The Morgan fingerprint density at radius 1 is 1.77 bits per heavy atom. The van der Waals surface area contributed by atoms with E-state index in [-0.39, 0.29) is 0 Å². The summed E-state index contributed by atoms with van der Waals surface area (Å²) in [6.45, 7) is 5.77. The second kappa shape index (κ2) is 4.23. The van der Waals surface area contributed by atoms with Crippen molar-refractivity contribution in [2.24, 2.45) is 7.05 Å². The quantitative estimate of drug-likeness (QED) is 0.711. The Morgan fingerprint density at radius 3 is 2.85 bits per heavy atom. The van der Waals surface area contributed by atoms with Crippen LogP contribution < -0.4 is 5.32 Å². The molecule has 0 spiro atoms. The molecule has 0 saturated carbocycles. The van der Waals surface area contributed by atoms with Gasteiger partial charge in [0.25, 0.3) is 0 Å². The Labute approximate surface area is 79.5 Å². The third-order valence-electron chi connectivity index (χ3n) is 2.18. The third-order valence-corrected chi connectivity index (χ3v) is 2.18. The molecule has 1 atom stereocenters. The van der Waals surface area contributed by atoms with Crippen LogP contribution in [-0.2, 0) is 7.05 Å². The van der Waals surface area contributed by atoms with E-state index in [0.29, 0.717) is 6.04 Å². The highest BCUT2D eigenvalue weighted by molar-refractivity contribution is 5.20. The van der Waals surface area contributed by atoms with Gasteiger partial charge < -0.3 is 5.32 Å². The van der Waals surface area contributed by atoms with Gasteiger partial charge in [-0.05, 0) is 20.4 Å². The van der Waals surface area contributed by atoms with Crippen molar-refractivity contribution in [1.29, 1.82) is 0 Å². The normalized spacial score (nSPS) is 12.8. The molecule has 1 heterocycles. The van der Waals surface area contributed by atoms with E-state index >= 15 is 0 Å². The summed E-state index contributed by atoms with van der Waals surface area (Å²) in [7, 11) is 3.90. The van der Waals surface area contributed by atoms with Crippen molar-refractivity contribution in [1.82, 2.24) is 15.1 Å². The minimum Gasteiger partial charge on any atom is -0.313 e. The predicted molar refractivity (Wildman–Crippen MR) is 54.6 cm³/mol. The second-order valence-electron chi connectivity index (χ2n) is 3.21. The number of aryl methyl sites for hydroxylation is 2. The standard InChI is InChI=1S/C10H17N3/c1-5-6-10(11-3)9-7-13(4)12-8(9)2/h5,7,10-11H,1,6H2,2-4H3. The summed E-state index contributed by atoms with van der Waals surface area (Å²) in [6, 6.07) is 0.339. The van der Waals surface area contributed by atoms with E-state index in [0.717, 1.165) is 12.1 Å². The van der Waals surface area contributed by atoms with Crippen molar-refractivity contribution in [2.45, 2.75) is 19.4 Å². The summed E-state index contributed by atoms with van der Waals surface area (Å²) in [5.74, 6) is 0. The molecule has 0 fully saturated rings. The van der Waals surface area contributed by atoms with Crippen molar-refractivity contribution in [3.63, 3.8) is 0 Å². The first-order valence-corrected chi connectivity index (χ1v) is 4.47. The van der Waals surface area contributed by atoms with E-state index in [1.807, 2.05) is 31.8 Å². The van der Waals surface area contributed by atoms with E-state index in [4.69, 9.17) is 0 Å². The molecule has 0 amide bonds. The summed E-state index contributed by atoms with van der Waals surface area (Å²) in [4.78, 5) is 0. The van der Waals surface area contributed by atoms with Gasteiger partial charge in [0.2, 0.25) is 0 Å². The van der Waals surface area contributed by atoms with E-state index in [1.54, 1.807) is 0 Å². The van der Waals surface area contributed by atoms with Crippen molar-refractivity contribution in [2.75, 3.05) is 7.05 Å². The molecule has 1 N–H and O–H groups in total. The van der Waals surface area contributed by atoms with Crippen molar-refractivity contribution >= 4 is 0 Å². The number of nitrogens with zero attached hydrogens (tertiary/aromatic N) is 2. The first-order valence-electron chi connectivity index (χ1n) is 4.47. The van der Waals surface area contributed by atoms with Crippen LogP contribution in [0.3, 0.4) is 0 Å². The van der Waals surface area contributed by atoms with Gasteiger partial charge in [-0.2, -0.15) is 5.10 Å². The second-order valence-corrected chi connectivity index (χ2v) is 3.21. The van der Waals surface area contributed by atoms with Gasteiger partial charge >= 0.3 is 0 Å². The lowest BCUT2D eigenvalue weighted by atomic mass is 10.1. The number of hydrogen-bond acceptors (Lipinski definition) is 2. The third kappa shape index (κ3) is 2.18. The van der Waals surface area contributed by atoms with Crippen LogP contribution in [-0.4, -0.2) is 16.8 Å². The molecule has 0 bridgehead atoms. The molecule has 3 nitrogen and oxygen atoms in total. The van der Waals surface area contributed by atoms with Crippen LogP contribution in [0.2, 0.25) is 0 Å². The maximum Gasteiger partial charge on any atom is 0.0641 e. The summed E-state index contributed by atoms with van der Waals surface area (Å²) in [5.41, 5.74) is 2.34.